The van der Waals surface area contributed by atoms with Crippen LogP contribution >= 0.6 is 0 Å². The Morgan fingerprint density at radius 1 is 1.17 bits per heavy atom. The first-order valence-corrected chi connectivity index (χ1v) is 7.21. The molecule has 1 fully saturated rings. The van der Waals surface area contributed by atoms with E-state index in [1.807, 2.05) is 0 Å². The van der Waals surface area contributed by atoms with Crippen LogP contribution in [0.5, 0.6) is 11.9 Å². The summed E-state index contributed by atoms with van der Waals surface area (Å²) in [6.07, 6.45) is -2.67. The third-order valence-corrected chi connectivity index (χ3v) is 4.01. The van der Waals surface area contributed by atoms with Gasteiger partial charge in [-0.3, -0.25) is 0 Å². The maximum Gasteiger partial charge on any atom is 0.392 e. The van der Waals surface area contributed by atoms with Gasteiger partial charge in [0.05, 0.1) is 31.4 Å². The molecule has 9 heteroatoms. The summed E-state index contributed by atoms with van der Waals surface area (Å²) in [4.78, 5) is 8.04. The first-order chi connectivity index (χ1) is 11.3. The molecule has 0 amide bonds. The largest absolute Gasteiger partial charge is 0.480 e. The summed E-state index contributed by atoms with van der Waals surface area (Å²) in [5, 5.41) is 8.03. The molecule has 0 spiro atoms. The van der Waals surface area contributed by atoms with E-state index in [2.05, 4.69) is 20.2 Å². The van der Waals surface area contributed by atoms with Gasteiger partial charge in [-0.1, -0.05) is 0 Å². The van der Waals surface area contributed by atoms with E-state index >= 15 is 0 Å². The summed E-state index contributed by atoms with van der Waals surface area (Å²) in [5.41, 5.74) is 1.84. The van der Waals surface area contributed by atoms with E-state index in [1.165, 1.54) is 20.4 Å². The van der Waals surface area contributed by atoms with Crippen molar-refractivity contribution < 1.29 is 22.6 Å². The molecule has 24 heavy (non-hydrogen) atoms. The highest BCUT2D eigenvalue weighted by molar-refractivity contribution is 5.64. The third kappa shape index (κ3) is 2.98. The molecule has 3 rings (SSSR count). The van der Waals surface area contributed by atoms with Gasteiger partial charge >= 0.3 is 12.2 Å². The summed E-state index contributed by atoms with van der Waals surface area (Å²) in [6, 6.07) is 1.72. The minimum Gasteiger partial charge on any atom is -0.480 e. The van der Waals surface area contributed by atoms with Crippen LogP contribution in [0.15, 0.2) is 12.3 Å². The van der Waals surface area contributed by atoms with E-state index in [1.54, 1.807) is 13.0 Å². The highest BCUT2D eigenvalue weighted by Gasteiger charge is 2.56. The summed E-state index contributed by atoms with van der Waals surface area (Å²) in [5.74, 6) is -1.68. The van der Waals surface area contributed by atoms with Crippen LogP contribution in [-0.4, -0.2) is 40.6 Å². The average Bonchev–Trinajstić information content (AvgIpc) is 3.35. The molecule has 0 radical (unpaired) electrons. The Morgan fingerprint density at radius 2 is 1.92 bits per heavy atom. The van der Waals surface area contributed by atoms with E-state index in [4.69, 9.17) is 9.47 Å². The number of hydrogen-bond donors (Lipinski definition) is 0. The van der Waals surface area contributed by atoms with Crippen LogP contribution in [0.2, 0.25) is 0 Å². The fourth-order valence-electron chi connectivity index (χ4n) is 2.66. The van der Waals surface area contributed by atoms with Crippen LogP contribution in [0.25, 0.3) is 11.3 Å². The van der Waals surface area contributed by atoms with Crippen LogP contribution in [0.1, 0.15) is 23.6 Å². The van der Waals surface area contributed by atoms with Crippen molar-refractivity contribution in [3.63, 3.8) is 0 Å². The lowest BCUT2D eigenvalue weighted by Crippen LogP contribution is -2.12. The highest BCUT2D eigenvalue weighted by Crippen LogP contribution is 2.56. The van der Waals surface area contributed by atoms with Gasteiger partial charge in [0.2, 0.25) is 5.88 Å². The molecule has 2 atom stereocenters. The summed E-state index contributed by atoms with van der Waals surface area (Å²) in [6.45, 7) is 1.65. The van der Waals surface area contributed by atoms with Crippen molar-refractivity contribution in [3.8, 4) is 23.1 Å². The predicted molar refractivity (Wildman–Crippen MR) is 77.8 cm³/mol. The van der Waals surface area contributed by atoms with Gasteiger partial charge in [-0.25, -0.2) is 4.98 Å². The van der Waals surface area contributed by atoms with Gasteiger partial charge in [0, 0.05) is 6.20 Å². The van der Waals surface area contributed by atoms with E-state index in [9.17, 15) is 13.2 Å². The number of alkyl halides is 3. The maximum atomic E-state index is 12.8. The zero-order chi connectivity index (χ0) is 17.5. The number of methoxy groups -OCH3 is 2. The zero-order valence-electron chi connectivity index (χ0n) is 13.3. The molecule has 2 aromatic heterocycles. The van der Waals surface area contributed by atoms with Crippen molar-refractivity contribution in [1.29, 1.82) is 0 Å². The standard InChI is InChI=1S/C15H15F3N4O2/c1-7-8(9-4-11(9)15(16,17)18)5-12(22-21-7)10-6-19-14(24-3)20-13(10)23-2/h5-6,9,11H,4H2,1-3H3. The molecular weight excluding hydrogens is 325 g/mol. The minimum absolute atomic E-state index is 0.0751. The quantitative estimate of drug-likeness (QED) is 0.852. The Morgan fingerprint density at radius 3 is 2.50 bits per heavy atom. The minimum atomic E-state index is -4.19. The average molecular weight is 340 g/mol. The van der Waals surface area contributed by atoms with E-state index in [-0.39, 0.29) is 18.3 Å². The van der Waals surface area contributed by atoms with E-state index in [0.29, 0.717) is 22.5 Å². The number of nitrogens with zero attached hydrogens (tertiary/aromatic N) is 4. The highest BCUT2D eigenvalue weighted by atomic mass is 19.4. The first kappa shape index (κ1) is 16.4. The smallest absolute Gasteiger partial charge is 0.392 e. The Kier molecular flexibility index (Phi) is 4.02. The Labute approximate surface area is 136 Å². The molecule has 2 unspecified atom stereocenters. The Hall–Kier alpha value is -2.45. The van der Waals surface area contributed by atoms with Crippen molar-refractivity contribution in [2.45, 2.75) is 25.4 Å². The fourth-order valence-corrected chi connectivity index (χ4v) is 2.66. The van der Waals surface area contributed by atoms with Gasteiger partial charge in [0.15, 0.2) is 0 Å². The Balaban J connectivity index is 1.98. The number of halogens is 3. The molecule has 1 saturated carbocycles. The van der Waals surface area contributed by atoms with Gasteiger partial charge in [-0.15, -0.1) is 5.10 Å². The zero-order valence-corrected chi connectivity index (χ0v) is 13.3. The summed E-state index contributed by atoms with van der Waals surface area (Å²) >= 11 is 0. The monoisotopic (exact) mass is 340 g/mol. The van der Waals surface area contributed by atoms with Crippen LogP contribution in [0.4, 0.5) is 13.2 Å². The lowest BCUT2D eigenvalue weighted by molar-refractivity contribution is -0.148. The molecular formula is C15H15F3N4O2. The van der Waals surface area contributed by atoms with Crippen molar-refractivity contribution in [3.05, 3.63) is 23.5 Å². The molecule has 0 aliphatic heterocycles. The molecule has 0 saturated heterocycles. The van der Waals surface area contributed by atoms with Crippen molar-refractivity contribution in [2.75, 3.05) is 14.2 Å². The number of aryl methyl sites for hydroxylation is 1. The second-order valence-corrected chi connectivity index (χ2v) is 5.54. The first-order valence-electron chi connectivity index (χ1n) is 7.21. The third-order valence-electron chi connectivity index (χ3n) is 4.01. The second-order valence-electron chi connectivity index (χ2n) is 5.54. The molecule has 2 aromatic rings. The van der Waals surface area contributed by atoms with E-state index < -0.39 is 18.0 Å². The molecule has 1 aliphatic carbocycles. The van der Waals surface area contributed by atoms with E-state index in [0.717, 1.165) is 0 Å². The lowest BCUT2D eigenvalue weighted by Gasteiger charge is -2.10. The van der Waals surface area contributed by atoms with Gasteiger partial charge in [-0.05, 0) is 30.9 Å². The predicted octanol–water partition coefficient (Wildman–Crippen LogP) is 2.93. The molecule has 0 aromatic carbocycles. The van der Waals surface area contributed by atoms with Crippen LogP contribution in [0.3, 0.4) is 0 Å². The SMILES string of the molecule is COc1ncc(-c2cc(C3CC3C(F)(F)F)c(C)nn2)c(OC)n1. The lowest BCUT2D eigenvalue weighted by atomic mass is 10.1. The molecule has 1 aliphatic rings. The molecule has 128 valence electrons. The van der Waals surface area contributed by atoms with Crippen molar-refractivity contribution >= 4 is 0 Å². The second kappa shape index (κ2) is 5.88. The topological polar surface area (TPSA) is 70.0 Å². The normalized spacial score (nSPS) is 19.9. The van der Waals surface area contributed by atoms with Crippen LogP contribution in [-0.2, 0) is 0 Å². The summed E-state index contributed by atoms with van der Waals surface area (Å²) < 4.78 is 48.6. The Bertz CT molecular complexity index is 767. The molecule has 0 bridgehead atoms. The van der Waals surface area contributed by atoms with Crippen LogP contribution in [0, 0.1) is 12.8 Å². The van der Waals surface area contributed by atoms with Gasteiger partial charge in [-0.2, -0.15) is 23.3 Å². The van der Waals surface area contributed by atoms with Gasteiger partial charge in [0.25, 0.3) is 0 Å². The van der Waals surface area contributed by atoms with Crippen LogP contribution < -0.4 is 9.47 Å². The number of rotatable bonds is 4. The number of aromatic nitrogens is 4. The number of hydrogen-bond acceptors (Lipinski definition) is 6. The van der Waals surface area contributed by atoms with Gasteiger partial charge < -0.3 is 9.47 Å². The van der Waals surface area contributed by atoms with Gasteiger partial charge in [0.1, 0.15) is 5.69 Å². The molecule has 6 nitrogen and oxygen atoms in total. The summed E-state index contributed by atoms with van der Waals surface area (Å²) in [7, 11) is 2.84. The fraction of sp³-hybridized carbons (Fsp3) is 0.467. The number of ether oxygens (including phenoxy) is 2. The maximum absolute atomic E-state index is 12.8. The molecule has 2 heterocycles. The van der Waals surface area contributed by atoms with Crippen molar-refractivity contribution in [1.82, 2.24) is 20.2 Å². The molecule has 0 N–H and O–H groups in total. The van der Waals surface area contributed by atoms with Crippen molar-refractivity contribution in [2.24, 2.45) is 5.92 Å².